The first-order valence-electron chi connectivity index (χ1n) is 12.5. The first-order valence-corrected chi connectivity index (χ1v) is 12.5. The Morgan fingerprint density at radius 3 is 2.55 bits per heavy atom. The van der Waals surface area contributed by atoms with Crippen molar-refractivity contribution in [1.82, 2.24) is 0 Å². The smallest absolute Gasteiger partial charge is 0.347 e. The van der Waals surface area contributed by atoms with E-state index < -0.39 is 11.9 Å². The highest BCUT2D eigenvalue weighted by atomic mass is 16.6. The number of hydrogen-bond acceptors (Lipinski definition) is 5. The number of fused-ring (bicyclic) bond motifs is 5. The maximum Gasteiger partial charge on any atom is 0.347 e. The van der Waals surface area contributed by atoms with E-state index in [9.17, 15) is 14.4 Å². The van der Waals surface area contributed by atoms with Crippen molar-refractivity contribution in [2.24, 2.45) is 34.5 Å². The van der Waals surface area contributed by atoms with Crippen molar-refractivity contribution in [3.63, 3.8) is 0 Å². The number of allylic oxidation sites excluding steroid dienone is 2. The van der Waals surface area contributed by atoms with E-state index in [0.717, 1.165) is 57.1 Å². The Morgan fingerprint density at radius 2 is 1.76 bits per heavy atom. The number of para-hydroxylation sites is 1. The first-order chi connectivity index (χ1) is 15.7. The van der Waals surface area contributed by atoms with Gasteiger partial charge in [0.25, 0.3) is 0 Å². The Balaban J connectivity index is 1.37. The van der Waals surface area contributed by atoms with Crippen LogP contribution >= 0.6 is 0 Å². The number of rotatable bonds is 3. The Bertz CT molecular complexity index is 1020. The second-order valence-corrected chi connectivity index (χ2v) is 11.1. The lowest BCUT2D eigenvalue weighted by molar-refractivity contribution is -0.137. The molecule has 5 rings (SSSR count). The number of hydrogen-bond donors (Lipinski definition) is 0. The normalized spacial score (nSPS) is 37.3. The summed E-state index contributed by atoms with van der Waals surface area (Å²) in [5.41, 5.74) is 0.229. The number of Topliss-reactive ketones (excluding diaryl/α,β-unsaturated/α-hetero) is 1. The van der Waals surface area contributed by atoms with Gasteiger partial charge < -0.3 is 9.47 Å². The van der Waals surface area contributed by atoms with Gasteiger partial charge in [0, 0.05) is 24.7 Å². The third-order valence-electron chi connectivity index (χ3n) is 9.52. The molecule has 0 spiro atoms. The van der Waals surface area contributed by atoms with Gasteiger partial charge in [0.1, 0.15) is 22.9 Å². The molecule has 0 bridgehead atoms. The molecule has 33 heavy (non-hydrogen) atoms. The third-order valence-corrected chi connectivity index (χ3v) is 9.52. The molecule has 0 radical (unpaired) electrons. The minimum Gasteiger partial charge on any atom is -0.427 e. The van der Waals surface area contributed by atoms with Gasteiger partial charge in [-0.1, -0.05) is 26.0 Å². The monoisotopic (exact) mass is 450 g/mol. The van der Waals surface area contributed by atoms with Crippen LogP contribution in [-0.2, 0) is 14.3 Å². The van der Waals surface area contributed by atoms with E-state index in [1.807, 2.05) is 0 Å². The molecule has 6 atom stereocenters. The average molecular weight is 451 g/mol. The van der Waals surface area contributed by atoms with E-state index in [4.69, 9.17) is 9.47 Å². The molecule has 1 aromatic carbocycles. The number of carbonyl (C=O) groups is 3. The molecule has 4 aliphatic rings. The Labute approximate surface area is 195 Å². The molecule has 3 saturated carbocycles. The van der Waals surface area contributed by atoms with Gasteiger partial charge >= 0.3 is 11.9 Å². The van der Waals surface area contributed by atoms with Gasteiger partial charge in [0.15, 0.2) is 0 Å². The van der Waals surface area contributed by atoms with Crippen molar-refractivity contribution < 1.29 is 23.9 Å². The number of ether oxygens (including phenoxy) is 2. The highest BCUT2D eigenvalue weighted by molar-refractivity contribution is 5.94. The molecule has 0 unspecified atom stereocenters. The second kappa shape index (κ2) is 8.11. The zero-order chi connectivity index (χ0) is 23.4. The molecule has 0 N–H and O–H groups in total. The summed E-state index contributed by atoms with van der Waals surface area (Å²) in [6.07, 6.45) is 10.0. The zero-order valence-corrected chi connectivity index (χ0v) is 19.9. The molecule has 5 nitrogen and oxygen atoms in total. The van der Waals surface area contributed by atoms with Gasteiger partial charge in [-0.2, -0.15) is 0 Å². The number of esters is 2. The van der Waals surface area contributed by atoms with Crippen molar-refractivity contribution in [2.45, 2.75) is 72.1 Å². The first kappa shape index (κ1) is 22.4. The highest BCUT2D eigenvalue weighted by Gasteiger charge is 2.60. The van der Waals surface area contributed by atoms with Crippen molar-refractivity contribution in [3.05, 3.63) is 41.7 Å². The summed E-state index contributed by atoms with van der Waals surface area (Å²) in [7, 11) is 0. The molecule has 1 aromatic rings. The van der Waals surface area contributed by atoms with Gasteiger partial charge in [0.05, 0.1) is 0 Å². The minimum absolute atomic E-state index is 0.0790. The van der Waals surface area contributed by atoms with Gasteiger partial charge in [0.2, 0.25) is 0 Å². The lowest BCUT2D eigenvalue weighted by Crippen LogP contribution is -2.53. The summed E-state index contributed by atoms with van der Waals surface area (Å²) in [6.45, 7) is 5.93. The van der Waals surface area contributed by atoms with E-state index in [-0.39, 0.29) is 28.1 Å². The molecule has 0 amide bonds. The van der Waals surface area contributed by atoms with Gasteiger partial charge in [-0.15, -0.1) is 0 Å². The molecular formula is C28H34O5. The quantitative estimate of drug-likeness (QED) is 0.425. The summed E-state index contributed by atoms with van der Waals surface area (Å²) in [6, 6.07) is 6.73. The molecular weight excluding hydrogens is 416 g/mol. The lowest BCUT2D eigenvalue weighted by Gasteiger charge is -2.59. The predicted octanol–water partition coefficient (Wildman–Crippen LogP) is 5.87. The summed E-state index contributed by atoms with van der Waals surface area (Å²) >= 11 is 0. The standard InChI is InChI=1S/C28H34O5/c1-17(29)32-23-8-5-4-7-19(23)26(31)33-24-9-6-15-27(2)21-14-16-28(3)20(12-13-25(28)30)18(21)10-11-22(24)27/h4-5,7-9,18,20-22H,6,10-16H2,1-3H3/t18-,20-,21-,22-,27+,28-/m0/s1. The molecule has 0 aromatic heterocycles. The van der Waals surface area contributed by atoms with Crippen LogP contribution in [0.4, 0.5) is 0 Å². The van der Waals surface area contributed by atoms with E-state index in [0.29, 0.717) is 23.5 Å². The van der Waals surface area contributed by atoms with Crippen molar-refractivity contribution >= 4 is 17.7 Å². The Kier molecular flexibility index (Phi) is 5.49. The van der Waals surface area contributed by atoms with Crippen molar-refractivity contribution in [2.75, 3.05) is 0 Å². The summed E-state index contributed by atoms with van der Waals surface area (Å²) in [5, 5.41) is 0. The number of benzene rings is 1. The number of ketones is 1. The van der Waals surface area contributed by atoms with Crippen LogP contribution in [0, 0.1) is 34.5 Å². The number of carbonyl (C=O) groups excluding carboxylic acids is 3. The zero-order valence-electron chi connectivity index (χ0n) is 19.9. The fraction of sp³-hybridized carbons (Fsp3) is 0.607. The van der Waals surface area contributed by atoms with E-state index >= 15 is 0 Å². The fourth-order valence-electron chi connectivity index (χ4n) is 7.88. The molecule has 0 saturated heterocycles. The topological polar surface area (TPSA) is 69.7 Å². The van der Waals surface area contributed by atoms with Crippen LogP contribution < -0.4 is 4.74 Å². The SMILES string of the molecule is CC(=O)Oc1ccccc1C(=O)OC1=CCC[C@@]2(C)[C@H]1CC[C@@H]1[C@@H]2CC[C@]2(C)C(=O)CC[C@@H]12. The maximum atomic E-state index is 13.1. The fourth-order valence-corrected chi connectivity index (χ4v) is 7.88. The average Bonchev–Trinajstić information content (AvgIpc) is 3.08. The van der Waals surface area contributed by atoms with Crippen molar-refractivity contribution in [3.8, 4) is 5.75 Å². The maximum absolute atomic E-state index is 13.1. The van der Waals surface area contributed by atoms with Gasteiger partial charge in [-0.3, -0.25) is 9.59 Å². The predicted molar refractivity (Wildman–Crippen MR) is 123 cm³/mol. The summed E-state index contributed by atoms with van der Waals surface area (Å²) in [4.78, 5) is 37.2. The highest BCUT2D eigenvalue weighted by Crippen LogP contribution is 2.65. The van der Waals surface area contributed by atoms with Gasteiger partial charge in [-0.05, 0) is 86.3 Å². The lowest BCUT2D eigenvalue weighted by atomic mass is 9.46. The van der Waals surface area contributed by atoms with Gasteiger partial charge in [-0.25, -0.2) is 4.79 Å². The third kappa shape index (κ3) is 3.55. The molecule has 0 aliphatic heterocycles. The minimum atomic E-state index is -0.470. The molecule has 3 fully saturated rings. The van der Waals surface area contributed by atoms with E-state index in [1.54, 1.807) is 24.3 Å². The molecule has 4 aliphatic carbocycles. The van der Waals surface area contributed by atoms with Crippen LogP contribution in [-0.4, -0.2) is 17.7 Å². The second-order valence-electron chi connectivity index (χ2n) is 11.1. The van der Waals surface area contributed by atoms with E-state index in [1.165, 1.54) is 6.92 Å². The Morgan fingerprint density at radius 1 is 0.970 bits per heavy atom. The molecule has 176 valence electrons. The molecule has 0 heterocycles. The Hall–Kier alpha value is -2.43. The summed E-state index contributed by atoms with van der Waals surface area (Å²) < 4.78 is 11.2. The largest absolute Gasteiger partial charge is 0.427 e. The summed E-state index contributed by atoms with van der Waals surface area (Å²) in [5.74, 6) is 2.42. The van der Waals surface area contributed by atoms with Crippen LogP contribution in [0.25, 0.3) is 0 Å². The van der Waals surface area contributed by atoms with E-state index in [2.05, 4.69) is 19.9 Å². The van der Waals surface area contributed by atoms with Crippen LogP contribution in [0.15, 0.2) is 36.1 Å². The van der Waals surface area contributed by atoms with Crippen LogP contribution in [0.2, 0.25) is 0 Å². The van der Waals surface area contributed by atoms with Crippen LogP contribution in [0.5, 0.6) is 5.75 Å². The van der Waals surface area contributed by atoms with Crippen LogP contribution in [0.3, 0.4) is 0 Å². The van der Waals surface area contributed by atoms with Crippen LogP contribution in [0.1, 0.15) is 82.5 Å². The molecule has 5 heteroatoms. The van der Waals surface area contributed by atoms with Crippen molar-refractivity contribution in [1.29, 1.82) is 0 Å².